The van der Waals surface area contributed by atoms with Gasteiger partial charge in [-0.1, -0.05) is 24.8 Å². The molecule has 68 valence electrons. The maximum Gasteiger partial charge on any atom is 0.0946 e. The smallest absolute Gasteiger partial charge is 0.0946 e. The van der Waals surface area contributed by atoms with Gasteiger partial charge in [0.2, 0.25) is 0 Å². The maximum atomic E-state index is 3.95. The van der Waals surface area contributed by atoms with Gasteiger partial charge in [0, 0.05) is 18.9 Å². The highest BCUT2D eigenvalue weighted by molar-refractivity contribution is 5.80. The summed E-state index contributed by atoms with van der Waals surface area (Å²) in [6.07, 6.45) is 3.27. The molecule has 1 aromatic carbocycles. The van der Waals surface area contributed by atoms with E-state index in [0.29, 0.717) is 0 Å². The predicted molar refractivity (Wildman–Crippen MR) is 58.3 cm³/mol. The zero-order valence-electron chi connectivity index (χ0n) is 8.07. The second kappa shape index (κ2) is 4.45. The normalized spacial score (nSPS) is 10.3. The van der Waals surface area contributed by atoms with Crippen molar-refractivity contribution in [1.29, 1.82) is 0 Å². The standard InChI is InChI=1S/C11H14N2/c1-4-12-9-13(3)11-8-6-5-7-10(11)2/h4-9H,1H2,2-3H3. The molecule has 1 aromatic rings. The average Bonchev–Trinajstić information content (AvgIpc) is 2.15. The summed E-state index contributed by atoms with van der Waals surface area (Å²) in [6.45, 7) is 5.60. The number of nitrogens with zero attached hydrogens (tertiary/aromatic N) is 2. The minimum Gasteiger partial charge on any atom is -0.335 e. The summed E-state index contributed by atoms with van der Waals surface area (Å²) >= 11 is 0. The number of para-hydroxylation sites is 1. The lowest BCUT2D eigenvalue weighted by atomic mass is 10.2. The first-order valence-corrected chi connectivity index (χ1v) is 4.18. The topological polar surface area (TPSA) is 15.6 Å². The van der Waals surface area contributed by atoms with E-state index < -0.39 is 0 Å². The van der Waals surface area contributed by atoms with Crippen molar-refractivity contribution < 1.29 is 0 Å². The highest BCUT2D eigenvalue weighted by Gasteiger charge is 1.98. The van der Waals surface area contributed by atoms with Crippen molar-refractivity contribution in [2.45, 2.75) is 6.92 Å². The van der Waals surface area contributed by atoms with Crippen molar-refractivity contribution in [3.05, 3.63) is 42.6 Å². The number of benzene rings is 1. The second-order valence-corrected chi connectivity index (χ2v) is 2.84. The van der Waals surface area contributed by atoms with Gasteiger partial charge >= 0.3 is 0 Å². The van der Waals surface area contributed by atoms with E-state index in [-0.39, 0.29) is 0 Å². The largest absolute Gasteiger partial charge is 0.335 e. The van der Waals surface area contributed by atoms with Crippen LogP contribution in [0.3, 0.4) is 0 Å². The van der Waals surface area contributed by atoms with Gasteiger partial charge in [-0.3, -0.25) is 0 Å². The Bertz CT molecular complexity index is 316. The molecule has 1 rings (SSSR count). The molecule has 0 aliphatic heterocycles. The molecule has 0 saturated carbocycles. The lowest BCUT2D eigenvalue weighted by Gasteiger charge is -2.15. The molecule has 0 heterocycles. The summed E-state index contributed by atoms with van der Waals surface area (Å²) in [5.41, 5.74) is 2.40. The van der Waals surface area contributed by atoms with Crippen LogP contribution in [0.25, 0.3) is 0 Å². The van der Waals surface area contributed by atoms with E-state index in [1.54, 1.807) is 6.34 Å². The predicted octanol–water partition coefficient (Wildman–Crippen LogP) is 2.60. The summed E-state index contributed by atoms with van der Waals surface area (Å²) in [7, 11) is 1.97. The Morgan fingerprint density at radius 1 is 1.38 bits per heavy atom. The molecule has 0 atom stereocenters. The van der Waals surface area contributed by atoms with Gasteiger partial charge in [-0.25, -0.2) is 4.99 Å². The van der Waals surface area contributed by atoms with Crippen LogP contribution in [0.4, 0.5) is 5.69 Å². The quantitative estimate of drug-likeness (QED) is 0.508. The fourth-order valence-corrected chi connectivity index (χ4v) is 1.17. The first kappa shape index (κ1) is 9.52. The van der Waals surface area contributed by atoms with Crippen molar-refractivity contribution in [2.24, 2.45) is 4.99 Å². The molecule has 2 heteroatoms. The average molecular weight is 174 g/mol. The Morgan fingerprint density at radius 3 is 2.69 bits per heavy atom. The molecule has 0 bridgehead atoms. The third kappa shape index (κ3) is 2.44. The Morgan fingerprint density at radius 2 is 2.08 bits per heavy atom. The van der Waals surface area contributed by atoms with Crippen LogP contribution in [0, 0.1) is 6.92 Å². The van der Waals surface area contributed by atoms with E-state index in [9.17, 15) is 0 Å². The van der Waals surface area contributed by atoms with Crippen LogP contribution in [0.2, 0.25) is 0 Å². The summed E-state index contributed by atoms with van der Waals surface area (Å²) in [5, 5.41) is 0. The van der Waals surface area contributed by atoms with Gasteiger partial charge < -0.3 is 4.90 Å². The van der Waals surface area contributed by atoms with Crippen LogP contribution in [0.5, 0.6) is 0 Å². The second-order valence-electron chi connectivity index (χ2n) is 2.84. The van der Waals surface area contributed by atoms with E-state index in [2.05, 4.69) is 30.6 Å². The molecule has 13 heavy (non-hydrogen) atoms. The Kier molecular flexibility index (Phi) is 3.26. The molecule has 0 radical (unpaired) electrons. The van der Waals surface area contributed by atoms with Crippen LogP contribution in [-0.4, -0.2) is 13.4 Å². The summed E-state index contributed by atoms with van der Waals surface area (Å²) in [5.74, 6) is 0. The summed E-state index contributed by atoms with van der Waals surface area (Å²) in [6, 6.07) is 8.18. The first-order chi connectivity index (χ1) is 6.25. The van der Waals surface area contributed by atoms with E-state index >= 15 is 0 Å². The number of aliphatic imine (C=N–C) groups is 1. The van der Waals surface area contributed by atoms with Crippen molar-refractivity contribution in [3.63, 3.8) is 0 Å². The van der Waals surface area contributed by atoms with Gasteiger partial charge in [0.15, 0.2) is 0 Å². The molecule has 0 unspecified atom stereocenters. The van der Waals surface area contributed by atoms with E-state index in [1.807, 2.05) is 24.1 Å². The van der Waals surface area contributed by atoms with Crippen molar-refractivity contribution in [3.8, 4) is 0 Å². The summed E-state index contributed by atoms with van der Waals surface area (Å²) < 4.78 is 0. The van der Waals surface area contributed by atoms with Gasteiger partial charge in [0.1, 0.15) is 0 Å². The molecule has 0 aliphatic carbocycles. The molecule has 0 saturated heterocycles. The molecule has 0 N–H and O–H groups in total. The maximum absolute atomic E-state index is 3.95. The minimum absolute atomic E-state index is 1.16. The number of hydrogen-bond acceptors (Lipinski definition) is 1. The van der Waals surface area contributed by atoms with Crippen LogP contribution in [0.1, 0.15) is 5.56 Å². The fourth-order valence-electron chi connectivity index (χ4n) is 1.17. The Balaban J connectivity index is 2.88. The number of aryl methyl sites for hydroxylation is 1. The molecular weight excluding hydrogens is 160 g/mol. The van der Waals surface area contributed by atoms with E-state index in [4.69, 9.17) is 0 Å². The molecule has 0 aromatic heterocycles. The van der Waals surface area contributed by atoms with Crippen LogP contribution in [0.15, 0.2) is 42.0 Å². The van der Waals surface area contributed by atoms with E-state index in [1.165, 1.54) is 11.8 Å². The van der Waals surface area contributed by atoms with Crippen molar-refractivity contribution in [1.82, 2.24) is 0 Å². The molecule has 2 nitrogen and oxygen atoms in total. The van der Waals surface area contributed by atoms with Crippen LogP contribution in [-0.2, 0) is 0 Å². The molecule has 0 amide bonds. The highest BCUT2D eigenvalue weighted by Crippen LogP contribution is 2.16. The van der Waals surface area contributed by atoms with Gasteiger partial charge in [0.05, 0.1) is 6.34 Å². The van der Waals surface area contributed by atoms with Gasteiger partial charge in [-0.15, -0.1) is 0 Å². The molecular formula is C11H14N2. The minimum atomic E-state index is 1.16. The van der Waals surface area contributed by atoms with Crippen LogP contribution < -0.4 is 4.90 Å². The van der Waals surface area contributed by atoms with E-state index in [0.717, 1.165) is 5.69 Å². The number of anilines is 1. The molecule has 0 spiro atoms. The van der Waals surface area contributed by atoms with Crippen molar-refractivity contribution >= 4 is 12.0 Å². The van der Waals surface area contributed by atoms with Gasteiger partial charge in [0.25, 0.3) is 0 Å². The SMILES string of the molecule is C=CN=CN(C)c1ccccc1C. The Hall–Kier alpha value is -1.57. The number of hydrogen-bond donors (Lipinski definition) is 0. The molecule has 0 aliphatic rings. The van der Waals surface area contributed by atoms with Gasteiger partial charge in [-0.2, -0.15) is 0 Å². The van der Waals surface area contributed by atoms with Crippen molar-refractivity contribution in [2.75, 3.05) is 11.9 Å². The lowest BCUT2D eigenvalue weighted by Crippen LogP contribution is -2.14. The third-order valence-corrected chi connectivity index (χ3v) is 1.84. The monoisotopic (exact) mass is 174 g/mol. The fraction of sp³-hybridized carbons (Fsp3) is 0.182. The van der Waals surface area contributed by atoms with Crippen LogP contribution >= 0.6 is 0 Å². The number of rotatable bonds is 3. The zero-order valence-corrected chi connectivity index (χ0v) is 8.07. The zero-order chi connectivity index (χ0) is 9.68. The lowest BCUT2D eigenvalue weighted by molar-refractivity contribution is 1.25. The first-order valence-electron chi connectivity index (χ1n) is 4.18. The summed E-state index contributed by atoms with van der Waals surface area (Å²) in [4.78, 5) is 5.92. The Labute approximate surface area is 79.2 Å². The van der Waals surface area contributed by atoms with Gasteiger partial charge in [-0.05, 0) is 18.6 Å². The third-order valence-electron chi connectivity index (χ3n) is 1.84. The highest BCUT2D eigenvalue weighted by atomic mass is 15.1. The molecule has 0 fully saturated rings.